The van der Waals surface area contributed by atoms with Crippen molar-refractivity contribution >= 4 is 17.5 Å². The molecule has 4 nitrogen and oxygen atoms in total. The molecule has 3 rings (SSSR count). The number of nitrogens with one attached hydrogen (secondary N) is 2. The maximum Gasteiger partial charge on any atom is 0.225 e. The molecule has 0 spiro atoms. The molecule has 0 amide bonds. The van der Waals surface area contributed by atoms with Crippen molar-refractivity contribution in [3.8, 4) is 0 Å². The van der Waals surface area contributed by atoms with Gasteiger partial charge in [-0.25, -0.2) is 13.8 Å². The molecule has 1 aromatic heterocycles. The number of halogens is 2. The van der Waals surface area contributed by atoms with E-state index in [4.69, 9.17) is 0 Å². The zero-order valence-corrected chi connectivity index (χ0v) is 13.2. The highest BCUT2D eigenvalue weighted by molar-refractivity contribution is 5.58. The van der Waals surface area contributed by atoms with Gasteiger partial charge in [0.15, 0.2) is 0 Å². The van der Waals surface area contributed by atoms with Crippen molar-refractivity contribution < 1.29 is 8.78 Å². The molecule has 0 radical (unpaired) electrons. The van der Waals surface area contributed by atoms with Crippen LogP contribution in [0.15, 0.2) is 24.3 Å². The Hall–Kier alpha value is -2.24. The number of hydrogen-bond donors (Lipinski definition) is 2. The van der Waals surface area contributed by atoms with Crippen LogP contribution < -0.4 is 10.6 Å². The summed E-state index contributed by atoms with van der Waals surface area (Å²) in [6, 6.07) is 5.35. The van der Waals surface area contributed by atoms with Crippen LogP contribution in [0.1, 0.15) is 44.7 Å². The molecule has 1 saturated carbocycles. The second-order valence-electron chi connectivity index (χ2n) is 5.98. The van der Waals surface area contributed by atoms with Crippen LogP contribution in [0.3, 0.4) is 0 Å². The van der Waals surface area contributed by atoms with Crippen molar-refractivity contribution in [1.82, 2.24) is 9.97 Å². The molecular formula is C17H20F2N4. The molecule has 1 heterocycles. The van der Waals surface area contributed by atoms with E-state index < -0.39 is 11.6 Å². The lowest BCUT2D eigenvalue weighted by Gasteiger charge is -2.14. The monoisotopic (exact) mass is 318 g/mol. The Morgan fingerprint density at radius 3 is 2.70 bits per heavy atom. The third kappa shape index (κ3) is 3.94. The van der Waals surface area contributed by atoms with E-state index in [9.17, 15) is 8.78 Å². The third-order valence-electron chi connectivity index (χ3n) is 3.92. The van der Waals surface area contributed by atoms with E-state index in [1.165, 1.54) is 0 Å². The fourth-order valence-corrected chi connectivity index (χ4v) is 2.24. The summed E-state index contributed by atoms with van der Waals surface area (Å²) in [6.07, 6.45) is 3.15. The highest BCUT2D eigenvalue weighted by Gasteiger charge is 2.26. The van der Waals surface area contributed by atoms with Gasteiger partial charge in [-0.3, -0.25) is 0 Å². The molecule has 0 saturated heterocycles. The Morgan fingerprint density at radius 2 is 2.00 bits per heavy atom. The van der Waals surface area contributed by atoms with Crippen molar-refractivity contribution in [3.05, 3.63) is 41.6 Å². The Kier molecular flexibility index (Phi) is 4.41. The maximum atomic E-state index is 13.8. The predicted molar refractivity (Wildman–Crippen MR) is 87.0 cm³/mol. The van der Waals surface area contributed by atoms with Crippen LogP contribution in [0.4, 0.5) is 26.2 Å². The fourth-order valence-electron chi connectivity index (χ4n) is 2.24. The lowest BCUT2D eigenvalue weighted by Crippen LogP contribution is -2.16. The summed E-state index contributed by atoms with van der Waals surface area (Å²) in [5.41, 5.74) is 1.00. The number of hydrogen-bond acceptors (Lipinski definition) is 4. The molecule has 0 unspecified atom stereocenters. The van der Waals surface area contributed by atoms with E-state index in [0.717, 1.165) is 43.2 Å². The minimum Gasteiger partial charge on any atom is -0.352 e. The molecule has 0 bridgehead atoms. The van der Waals surface area contributed by atoms with Gasteiger partial charge in [-0.1, -0.05) is 6.92 Å². The van der Waals surface area contributed by atoms with Gasteiger partial charge in [0.05, 0.1) is 11.4 Å². The standard InChI is InChI=1S/C17H20F2N4/c1-3-10(2)20-17-22-14(11-4-5-11)9-16(23-17)21-15-8-12(18)6-7-13(15)19/h6-11H,3-5H2,1-2H3,(H2,20,21,22,23)/t10-/m1/s1. The Morgan fingerprint density at radius 1 is 1.22 bits per heavy atom. The minimum absolute atomic E-state index is 0.0694. The third-order valence-corrected chi connectivity index (χ3v) is 3.92. The van der Waals surface area contributed by atoms with Gasteiger partial charge < -0.3 is 10.6 Å². The average molecular weight is 318 g/mol. The van der Waals surface area contributed by atoms with Crippen LogP contribution in [0.2, 0.25) is 0 Å². The van der Waals surface area contributed by atoms with Gasteiger partial charge in [0.1, 0.15) is 17.5 Å². The SMILES string of the molecule is CC[C@@H](C)Nc1nc(Nc2cc(F)ccc2F)cc(C2CC2)n1. The molecule has 2 N–H and O–H groups in total. The normalized spacial score (nSPS) is 15.3. The van der Waals surface area contributed by atoms with Gasteiger partial charge in [-0.2, -0.15) is 4.98 Å². The van der Waals surface area contributed by atoms with Gasteiger partial charge in [0.25, 0.3) is 0 Å². The topological polar surface area (TPSA) is 49.8 Å². The van der Waals surface area contributed by atoms with Crippen LogP contribution in [-0.2, 0) is 0 Å². The summed E-state index contributed by atoms with van der Waals surface area (Å²) in [7, 11) is 0. The Balaban J connectivity index is 1.89. The quantitative estimate of drug-likeness (QED) is 0.818. The van der Waals surface area contributed by atoms with E-state index in [1.54, 1.807) is 0 Å². The molecular weight excluding hydrogens is 298 g/mol. The molecule has 122 valence electrons. The van der Waals surface area contributed by atoms with Gasteiger partial charge in [-0.15, -0.1) is 0 Å². The Bertz CT molecular complexity index is 701. The predicted octanol–water partition coefficient (Wildman–Crippen LogP) is 4.59. The first-order chi connectivity index (χ1) is 11.0. The van der Waals surface area contributed by atoms with E-state index in [-0.39, 0.29) is 11.7 Å². The van der Waals surface area contributed by atoms with E-state index in [0.29, 0.717) is 17.7 Å². The second-order valence-corrected chi connectivity index (χ2v) is 5.98. The highest BCUT2D eigenvalue weighted by atomic mass is 19.1. The lowest BCUT2D eigenvalue weighted by atomic mass is 10.2. The van der Waals surface area contributed by atoms with Crippen molar-refractivity contribution in [2.75, 3.05) is 10.6 Å². The highest BCUT2D eigenvalue weighted by Crippen LogP contribution is 2.40. The van der Waals surface area contributed by atoms with Crippen molar-refractivity contribution in [3.63, 3.8) is 0 Å². The fraction of sp³-hybridized carbons (Fsp3) is 0.412. The molecule has 1 aromatic carbocycles. The van der Waals surface area contributed by atoms with E-state index in [2.05, 4.69) is 27.5 Å². The van der Waals surface area contributed by atoms with Crippen LogP contribution in [0, 0.1) is 11.6 Å². The molecule has 2 aromatic rings. The number of anilines is 3. The second kappa shape index (κ2) is 6.48. The average Bonchev–Trinajstić information content (AvgIpc) is 3.35. The number of aromatic nitrogens is 2. The van der Waals surface area contributed by atoms with Crippen molar-refractivity contribution in [2.45, 2.75) is 45.1 Å². The first kappa shape index (κ1) is 15.6. The van der Waals surface area contributed by atoms with Crippen LogP contribution in [0.5, 0.6) is 0 Å². The van der Waals surface area contributed by atoms with Crippen LogP contribution in [-0.4, -0.2) is 16.0 Å². The number of benzene rings is 1. The first-order valence-corrected chi connectivity index (χ1v) is 7.92. The van der Waals surface area contributed by atoms with Crippen molar-refractivity contribution in [2.24, 2.45) is 0 Å². The number of nitrogens with zero attached hydrogens (tertiary/aromatic N) is 2. The number of rotatable bonds is 6. The van der Waals surface area contributed by atoms with Crippen LogP contribution >= 0.6 is 0 Å². The van der Waals surface area contributed by atoms with Gasteiger partial charge in [0, 0.05) is 24.1 Å². The Labute approximate surface area is 134 Å². The van der Waals surface area contributed by atoms with E-state index in [1.807, 2.05) is 13.0 Å². The molecule has 6 heteroatoms. The lowest BCUT2D eigenvalue weighted by molar-refractivity contribution is 0.603. The molecule has 1 fully saturated rings. The molecule has 0 aliphatic heterocycles. The summed E-state index contributed by atoms with van der Waals surface area (Å²) < 4.78 is 27.1. The summed E-state index contributed by atoms with van der Waals surface area (Å²) in [5.74, 6) is 0.409. The van der Waals surface area contributed by atoms with E-state index >= 15 is 0 Å². The molecule has 1 atom stereocenters. The summed E-state index contributed by atoms with van der Waals surface area (Å²) in [4.78, 5) is 8.91. The van der Waals surface area contributed by atoms with Gasteiger partial charge in [0.2, 0.25) is 5.95 Å². The molecule has 1 aliphatic rings. The first-order valence-electron chi connectivity index (χ1n) is 7.92. The smallest absolute Gasteiger partial charge is 0.225 e. The molecule has 23 heavy (non-hydrogen) atoms. The minimum atomic E-state index is -0.519. The maximum absolute atomic E-state index is 13.8. The summed E-state index contributed by atoms with van der Waals surface area (Å²) in [5, 5.41) is 6.10. The summed E-state index contributed by atoms with van der Waals surface area (Å²) >= 11 is 0. The largest absolute Gasteiger partial charge is 0.352 e. The molecule has 1 aliphatic carbocycles. The zero-order valence-electron chi connectivity index (χ0n) is 13.2. The van der Waals surface area contributed by atoms with Gasteiger partial charge >= 0.3 is 0 Å². The summed E-state index contributed by atoms with van der Waals surface area (Å²) in [6.45, 7) is 4.12. The van der Waals surface area contributed by atoms with Gasteiger partial charge in [-0.05, 0) is 38.3 Å². The zero-order chi connectivity index (χ0) is 16.4. The van der Waals surface area contributed by atoms with Crippen LogP contribution in [0.25, 0.3) is 0 Å². The van der Waals surface area contributed by atoms with Crippen molar-refractivity contribution in [1.29, 1.82) is 0 Å².